The zero-order valence-corrected chi connectivity index (χ0v) is 12.9. The van der Waals surface area contributed by atoms with Gasteiger partial charge in [0.2, 0.25) is 0 Å². The summed E-state index contributed by atoms with van der Waals surface area (Å²) in [6.45, 7) is 4.45. The lowest BCUT2D eigenvalue weighted by atomic mass is 10.1. The number of thiazole rings is 1. The van der Waals surface area contributed by atoms with Gasteiger partial charge in [-0.05, 0) is 19.9 Å². The predicted molar refractivity (Wildman–Crippen MR) is 81.8 cm³/mol. The van der Waals surface area contributed by atoms with Crippen LogP contribution in [0.4, 0.5) is 5.69 Å². The molecule has 0 fully saturated rings. The molecule has 0 radical (unpaired) electrons. The lowest BCUT2D eigenvalue weighted by Gasteiger charge is -2.13. The minimum atomic E-state index is -0.406. The Morgan fingerprint density at radius 1 is 1.52 bits per heavy atom. The van der Waals surface area contributed by atoms with E-state index in [1.54, 1.807) is 24.5 Å². The van der Waals surface area contributed by atoms with Crippen molar-refractivity contribution < 1.29 is 9.66 Å². The van der Waals surface area contributed by atoms with Gasteiger partial charge in [0.1, 0.15) is 10.8 Å². The van der Waals surface area contributed by atoms with Gasteiger partial charge in [-0.25, -0.2) is 4.98 Å². The van der Waals surface area contributed by atoms with Crippen molar-refractivity contribution in [2.45, 2.75) is 26.4 Å². The van der Waals surface area contributed by atoms with Gasteiger partial charge in [0.25, 0.3) is 5.69 Å². The quantitative estimate of drug-likeness (QED) is 0.655. The molecule has 112 valence electrons. The van der Waals surface area contributed by atoms with Gasteiger partial charge in [-0.1, -0.05) is 0 Å². The summed E-state index contributed by atoms with van der Waals surface area (Å²) in [6.07, 6.45) is 0. The molecule has 0 aliphatic carbocycles. The summed E-state index contributed by atoms with van der Waals surface area (Å²) in [6, 6.07) is 4.67. The van der Waals surface area contributed by atoms with Crippen LogP contribution in [0.25, 0.3) is 0 Å². The Morgan fingerprint density at radius 2 is 2.29 bits per heavy atom. The minimum absolute atomic E-state index is 0.0605. The Kier molecular flexibility index (Phi) is 4.87. The SMILES string of the molecule is COc1ccc([N+](=O)[O-])cc1CNC(C)c1nc(C)cs1. The van der Waals surface area contributed by atoms with Crippen molar-refractivity contribution in [1.82, 2.24) is 10.3 Å². The Bertz CT molecular complexity index is 642. The van der Waals surface area contributed by atoms with Crippen LogP contribution >= 0.6 is 11.3 Å². The van der Waals surface area contributed by atoms with Crippen LogP contribution in [0, 0.1) is 17.0 Å². The van der Waals surface area contributed by atoms with E-state index < -0.39 is 4.92 Å². The zero-order chi connectivity index (χ0) is 15.4. The largest absolute Gasteiger partial charge is 0.496 e. The van der Waals surface area contributed by atoms with Gasteiger partial charge in [0.15, 0.2) is 0 Å². The maximum absolute atomic E-state index is 10.9. The van der Waals surface area contributed by atoms with Crippen molar-refractivity contribution in [3.05, 3.63) is 50.0 Å². The van der Waals surface area contributed by atoms with Gasteiger partial charge < -0.3 is 10.1 Å². The van der Waals surface area contributed by atoms with Crippen LogP contribution in [0.5, 0.6) is 5.75 Å². The lowest BCUT2D eigenvalue weighted by Crippen LogP contribution is -2.18. The number of methoxy groups -OCH3 is 1. The molecule has 1 aromatic carbocycles. The molecule has 0 aliphatic rings. The molecule has 21 heavy (non-hydrogen) atoms. The second-order valence-electron chi connectivity index (χ2n) is 4.68. The third-order valence-electron chi connectivity index (χ3n) is 3.08. The number of rotatable bonds is 6. The van der Waals surface area contributed by atoms with E-state index in [1.165, 1.54) is 12.1 Å². The number of aryl methyl sites for hydroxylation is 1. The third kappa shape index (κ3) is 3.77. The summed E-state index contributed by atoms with van der Waals surface area (Å²) in [5.41, 5.74) is 1.81. The fourth-order valence-corrected chi connectivity index (χ4v) is 2.77. The molecule has 1 atom stereocenters. The molecule has 0 amide bonds. The van der Waals surface area contributed by atoms with Gasteiger partial charge in [-0.15, -0.1) is 11.3 Å². The van der Waals surface area contributed by atoms with E-state index in [2.05, 4.69) is 10.3 Å². The average molecular weight is 307 g/mol. The first-order valence-electron chi connectivity index (χ1n) is 6.48. The summed E-state index contributed by atoms with van der Waals surface area (Å²) in [5, 5.41) is 17.2. The second kappa shape index (κ2) is 6.64. The first-order valence-corrected chi connectivity index (χ1v) is 7.36. The molecule has 0 spiro atoms. The van der Waals surface area contributed by atoms with Gasteiger partial charge in [0.05, 0.1) is 18.1 Å². The highest BCUT2D eigenvalue weighted by Gasteiger charge is 2.14. The van der Waals surface area contributed by atoms with Crippen LogP contribution < -0.4 is 10.1 Å². The summed E-state index contributed by atoms with van der Waals surface area (Å²) in [5.74, 6) is 0.635. The molecular weight excluding hydrogens is 290 g/mol. The molecule has 7 heteroatoms. The molecule has 1 N–H and O–H groups in total. The van der Waals surface area contributed by atoms with Crippen LogP contribution in [0.1, 0.15) is 29.2 Å². The Morgan fingerprint density at radius 3 is 2.86 bits per heavy atom. The van der Waals surface area contributed by atoms with Crippen molar-refractivity contribution in [2.24, 2.45) is 0 Å². The highest BCUT2D eigenvalue weighted by Crippen LogP contribution is 2.25. The average Bonchev–Trinajstić information content (AvgIpc) is 2.91. The molecule has 1 aromatic heterocycles. The normalized spacial score (nSPS) is 12.1. The Balaban J connectivity index is 2.11. The Labute approximate surface area is 126 Å². The summed E-state index contributed by atoms with van der Waals surface area (Å²) in [7, 11) is 1.55. The van der Waals surface area contributed by atoms with E-state index in [9.17, 15) is 10.1 Å². The van der Waals surface area contributed by atoms with Gasteiger partial charge in [-0.2, -0.15) is 0 Å². The van der Waals surface area contributed by atoms with Crippen molar-refractivity contribution in [2.75, 3.05) is 7.11 Å². The van der Waals surface area contributed by atoms with E-state index in [4.69, 9.17) is 4.74 Å². The summed E-state index contributed by atoms with van der Waals surface area (Å²) in [4.78, 5) is 14.9. The smallest absolute Gasteiger partial charge is 0.270 e. The summed E-state index contributed by atoms with van der Waals surface area (Å²) < 4.78 is 5.25. The number of ether oxygens (including phenoxy) is 1. The molecule has 2 rings (SSSR count). The van der Waals surface area contributed by atoms with Gasteiger partial charge in [-0.3, -0.25) is 10.1 Å². The number of nitrogens with zero attached hydrogens (tertiary/aromatic N) is 2. The molecular formula is C14H17N3O3S. The molecule has 6 nitrogen and oxygen atoms in total. The highest BCUT2D eigenvalue weighted by molar-refractivity contribution is 7.09. The first-order chi connectivity index (χ1) is 10.0. The van der Waals surface area contributed by atoms with Crippen LogP contribution in [0.15, 0.2) is 23.6 Å². The molecule has 1 unspecified atom stereocenters. The monoisotopic (exact) mass is 307 g/mol. The number of aromatic nitrogens is 1. The molecule has 0 saturated carbocycles. The number of benzene rings is 1. The van der Waals surface area contributed by atoms with Crippen LogP contribution in [0.3, 0.4) is 0 Å². The fourth-order valence-electron chi connectivity index (χ4n) is 1.94. The number of nitro groups is 1. The molecule has 0 aliphatic heterocycles. The maximum Gasteiger partial charge on any atom is 0.270 e. The molecule has 0 bridgehead atoms. The topological polar surface area (TPSA) is 77.3 Å². The van der Waals surface area contributed by atoms with Gasteiger partial charge >= 0.3 is 0 Å². The van der Waals surface area contributed by atoms with E-state index >= 15 is 0 Å². The number of hydrogen-bond acceptors (Lipinski definition) is 6. The number of non-ortho nitro benzene ring substituents is 1. The van der Waals surface area contributed by atoms with E-state index in [1.807, 2.05) is 19.2 Å². The van der Waals surface area contributed by atoms with Crippen molar-refractivity contribution in [3.63, 3.8) is 0 Å². The molecule has 0 saturated heterocycles. The van der Waals surface area contributed by atoms with Crippen molar-refractivity contribution in [3.8, 4) is 5.75 Å². The standard InChI is InChI=1S/C14H17N3O3S/c1-9-8-21-14(16-9)10(2)15-7-11-6-12(17(18)19)4-5-13(11)20-3/h4-6,8,10,15H,7H2,1-3H3. The van der Waals surface area contributed by atoms with Crippen LogP contribution in [0.2, 0.25) is 0 Å². The van der Waals surface area contributed by atoms with Crippen LogP contribution in [-0.2, 0) is 6.54 Å². The lowest BCUT2D eigenvalue weighted by molar-refractivity contribution is -0.384. The van der Waals surface area contributed by atoms with Crippen LogP contribution in [-0.4, -0.2) is 17.0 Å². The number of nitro benzene ring substituents is 1. The minimum Gasteiger partial charge on any atom is -0.496 e. The Hall–Kier alpha value is -1.99. The number of nitrogens with one attached hydrogen (secondary N) is 1. The fraction of sp³-hybridized carbons (Fsp3) is 0.357. The zero-order valence-electron chi connectivity index (χ0n) is 12.1. The number of hydrogen-bond donors (Lipinski definition) is 1. The van der Waals surface area contributed by atoms with E-state index in [-0.39, 0.29) is 11.7 Å². The van der Waals surface area contributed by atoms with Gasteiger partial charge in [0, 0.05) is 35.3 Å². The first kappa shape index (κ1) is 15.4. The van der Waals surface area contributed by atoms with E-state index in [0.717, 1.165) is 16.3 Å². The second-order valence-corrected chi connectivity index (χ2v) is 5.57. The third-order valence-corrected chi connectivity index (χ3v) is 4.23. The van der Waals surface area contributed by atoms with E-state index in [0.29, 0.717) is 12.3 Å². The van der Waals surface area contributed by atoms with Crippen molar-refractivity contribution in [1.29, 1.82) is 0 Å². The molecule has 1 heterocycles. The summed E-state index contributed by atoms with van der Waals surface area (Å²) >= 11 is 1.60. The predicted octanol–water partition coefficient (Wildman–Crippen LogP) is 3.22. The molecule has 2 aromatic rings. The maximum atomic E-state index is 10.9. The van der Waals surface area contributed by atoms with Crippen molar-refractivity contribution >= 4 is 17.0 Å². The highest BCUT2D eigenvalue weighted by atomic mass is 32.1.